The van der Waals surface area contributed by atoms with Gasteiger partial charge in [0.25, 0.3) is 0 Å². The van der Waals surface area contributed by atoms with E-state index in [-0.39, 0.29) is 6.10 Å². The smallest absolute Gasteiger partial charge is 0.144 e. The quantitative estimate of drug-likeness (QED) is 0.795. The van der Waals surface area contributed by atoms with Crippen LogP contribution < -0.4 is 20.5 Å². The number of hydrogen-bond acceptors (Lipinski definition) is 4. The fourth-order valence-electron chi connectivity index (χ4n) is 2.03. The molecule has 0 atom stereocenters. The first-order valence-corrected chi connectivity index (χ1v) is 7.02. The first kappa shape index (κ1) is 15.0. The van der Waals surface area contributed by atoms with Gasteiger partial charge in [-0.25, -0.2) is 0 Å². The number of nitrogens with two attached hydrogens (primary N) is 1. The van der Waals surface area contributed by atoms with Crippen LogP contribution in [0, 0.1) is 0 Å². The maximum atomic E-state index is 6.14. The van der Waals surface area contributed by atoms with Crippen molar-refractivity contribution in [1.29, 1.82) is 0 Å². The molecule has 0 spiro atoms. The molecule has 2 aromatic rings. The monoisotopic (exact) mass is 286 g/mol. The molecule has 0 amide bonds. The van der Waals surface area contributed by atoms with Gasteiger partial charge in [-0.1, -0.05) is 18.2 Å². The van der Waals surface area contributed by atoms with Crippen molar-refractivity contribution in [1.82, 2.24) is 0 Å². The summed E-state index contributed by atoms with van der Waals surface area (Å²) in [6, 6.07) is 13.7. The molecule has 0 aliphatic rings. The van der Waals surface area contributed by atoms with Crippen molar-refractivity contribution in [3.63, 3.8) is 0 Å². The van der Waals surface area contributed by atoms with Crippen LogP contribution in [0.25, 0.3) is 0 Å². The molecule has 0 fully saturated rings. The second kappa shape index (κ2) is 6.88. The van der Waals surface area contributed by atoms with Crippen LogP contribution in [0.15, 0.2) is 42.5 Å². The number of nitrogen functional groups attached to an aromatic ring is 1. The average molecular weight is 286 g/mol. The summed E-state index contributed by atoms with van der Waals surface area (Å²) < 4.78 is 10.9. The van der Waals surface area contributed by atoms with Crippen LogP contribution in [0.3, 0.4) is 0 Å². The molecule has 0 saturated heterocycles. The number of rotatable bonds is 6. The third-order valence-electron chi connectivity index (χ3n) is 3.05. The van der Waals surface area contributed by atoms with Gasteiger partial charge >= 0.3 is 0 Å². The highest BCUT2D eigenvalue weighted by molar-refractivity contribution is 5.73. The van der Waals surface area contributed by atoms with Crippen molar-refractivity contribution < 1.29 is 9.47 Å². The van der Waals surface area contributed by atoms with E-state index in [1.54, 1.807) is 7.11 Å². The van der Waals surface area contributed by atoms with E-state index in [4.69, 9.17) is 15.2 Å². The summed E-state index contributed by atoms with van der Waals surface area (Å²) in [5.74, 6) is 1.56. The van der Waals surface area contributed by atoms with Gasteiger partial charge in [0.05, 0.1) is 24.6 Å². The molecular weight excluding hydrogens is 264 g/mol. The third kappa shape index (κ3) is 4.05. The molecule has 0 saturated carbocycles. The zero-order valence-electron chi connectivity index (χ0n) is 12.7. The Morgan fingerprint density at radius 2 is 1.90 bits per heavy atom. The summed E-state index contributed by atoms with van der Waals surface area (Å²) in [4.78, 5) is 0. The Balaban J connectivity index is 2.09. The Kier molecular flexibility index (Phi) is 4.93. The topological polar surface area (TPSA) is 56.5 Å². The Hall–Kier alpha value is -2.36. The van der Waals surface area contributed by atoms with Crippen molar-refractivity contribution in [3.8, 4) is 11.5 Å². The standard InChI is InChI=1S/C17H22N2O2/c1-12(2)21-16-9-5-8-15(17(16)18)19-11-13-6-4-7-14(10-13)20-3/h4-10,12,19H,11,18H2,1-3H3. The van der Waals surface area contributed by atoms with Crippen LogP contribution in [0.4, 0.5) is 11.4 Å². The molecule has 4 nitrogen and oxygen atoms in total. The second-order valence-corrected chi connectivity index (χ2v) is 5.09. The van der Waals surface area contributed by atoms with Crippen molar-refractivity contribution in [2.45, 2.75) is 26.5 Å². The molecular formula is C17H22N2O2. The van der Waals surface area contributed by atoms with Crippen LogP contribution in [0.2, 0.25) is 0 Å². The number of ether oxygens (including phenoxy) is 2. The second-order valence-electron chi connectivity index (χ2n) is 5.09. The molecule has 0 aliphatic carbocycles. The molecule has 0 aromatic heterocycles. The van der Waals surface area contributed by atoms with Gasteiger partial charge in [0.15, 0.2) is 0 Å². The average Bonchev–Trinajstić information content (AvgIpc) is 2.48. The first-order valence-electron chi connectivity index (χ1n) is 7.02. The van der Waals surface area contributed by atoms with Crippen molar-refractivity contribution in [3.05, 3.63) is 48.0 Å². The predicted molar refractivity (Wildman–Crippen MR) is 86.9 cm³/mol. The zero-order chi connectivity index (χ0) is 15.2. The minimum absolute atomic E-state index is 0.0981. The van der Waals surface area contributed by atoms with Crippen molar-refractivity contribution in [2.75, 3.05) is 18.2 Å². The molecule has 0 heterocycles. The summed E-state index contributed by atoms with van der Waals surface area (Å²) in [6.07, 6.45) is 0.0981. The summed E-state index contributed by atoms with van der Waals surface area (Å²) >= 11 is 0. The number of benzene rings is 2. The van der Waals surface area contributed by atoms with E-state index in [1.807, 2.05) is 56.3 Å². The maximum Gasteiger partial charge on any atom is 0.144 e. The minimum atomic E-state index is 0.0981. The molecule has 0 bridgehead atoms. The molecule has 0 aliphatic heterocycles. The van der Waals surface area contributed by atoms with Gasteiger partial charge < -0.3 is 20.5 Å². The van der Waals surface area contributed by atoms with Gasteiger partial charge in [-0.2, -0.15) is 0 Å². The Morgan fingerprint density at radius 3 is 2.62 bits per heavy atom. The fraction of sp³-hybridized carbons (Fsp3) is 0.294. The Bertz CT molecular complexity index is 597. The van der Waals surface area contributed by atoms with E-state index in [0.717, 1.165) is 17.0 Å². The molecule has 21 heavy (non-hydrogen) atoms. The lowest BCUT2D eigenvalue weighted by atomic mass is 10.2. The number of nitrogens with one attached hydrogen (secondary N) is 1. The fourth-order valence-corrected chi connectivity index (χ4v) is 2.03. The van der Waals surface area contributed by atoms with Gasteiger partial charge in [0.2, 0.25) is 0 Å². The van der Waals surface area contributed by atoms with Crippen molar-refractivity contribution in [2.24, 2.45) is 0 Å². The summed E-state index contributed by atoms with van der Waals surface area (Å²) in [5.41, 5.74) is 8.77. The molecule has 3 N–H and O–H groups in total. The Labute approximate surface area is 125 Å². The molecule has 112 valence electrons. The summed E-state index contributed by atoms with van der Waals surface area (Å²) in [5, 5.41) is 3.33. The van der Waals surface area contributed by atoms with E-state index < -0.39 is 0 Å². The number of para-hydroxylation sites is 1. The van der Waals surface area contributed by atoms with E-state index in [1.165, 1.54) is 0 Å². The largest absolute Gasteiger partial charge is 0.497 e. The van der Waals surface area contributed by atoms with Crippen LogP contribution in [-0.2, 0) is 6.54 Å². The summed E-state index contributed by atoms with van der Waals surface area (Å²) in [7, 11) is 1.66. The SMILES string of the molecule is COc1cccc(CNc2cccc(OC(C)C)c2N)c1. The van der Waals surface area contributed by atoms with Crippen LogP contribution >= 0.6 is 0 Å². The van der Waals surface area contributed by atoms with Gasteiger partial charge in [-0.15, -0.1) is 0 Å². The normalized spacial score (nSPS) is 10.5. The lowest BCUT2D eigenvalue weighted by molar-refractivity contribution is 0.244. The van der Waals surface area contributed by atoms with E-state index >= 15 is 0 Å². The number of anilines is 2. The van der Waals surface area contributed by atoms with Crippen LogP contribution in [0.5, 0.6) is 11.5 Å². The highest BCUT2D eigenvalue weighted by atomic mass is 16.5. The van der Waals surface area contributed by atoms with Crippen LogP contribution in [0.1, 0.15) is 19.4 Å². The lowest BCUT2D eigenvalue weighted by Gasteiger charge is -2.16. The van der Waals surface area contributed by atoms with Gasteiger partial charge in [0, 0.05) is 6.54 Å². The Morgan fingerprint density at radius 1 is 1.14 bits per heavy atom. The van der Waals surface area contributed by atoms with E-state index in [2.05, 4.69) is 5.32 Å². The van der Waals surface area contributed by atoms with Gasteiger partial charge in [-0.3, -0.25) is 0 Å². The minimum Gasteiger partial charge on any atom is -0.497 e. The third-order valence-corrected chi connectivity index (χ3v) is 3.05. The van der Waals surface area contributed by atoms with Crippen LogP contribution in [-0.4, -0.2) is 13.2 Å². The molecule has 0 unspecified atom stereocenters. The zero-order valence-corrected chi connectivity index (χ0v) is 12.7. The number of hydrogen-bond donors (Lipinski definition) is 2. The highest BCUT2D eigenvalue weighted by Crippen LogP contribution is 2.30. The maximum absolute atomic E-state index is 6.14. The van der Waals surface area contributed by atoms with E-state index in [9.17, 15) is 0 Å². The lowest BCUT2D eigenvalue weighted by Crippen LogP contribution is -2.09. The highest BCUT2D eigenvalue weighted by Gasteiger charge is 2.07. The molecule has 0 radical (unpaired) electrons. The first-order chi connectivity index (χ1) is 10.1. The van der Waals surface area contributed by atoms with E-state index in [0.29, 0.717) is 18.0 Å². The predicted octanol–water partition coefficient (Wildman–Crippen LogP) is 3.68. The van der Waals surface area contributed by atoms with Gasteiger partial charge in [-0.05, 0) is 43.7 Å². The molecule has 4 heteroatoms. The molecule has 2 aromatic carbocycles. The van der Waals surface area contributed by atoms with Crippen molar-refractivity contribution >= 4 is 11.4 Å². The van der Waals surface area contributed by atoms with Gasteiger partial charge in [0.1, 0.15) is 11.5 Å². The summed E-state index contributed by atoms with van der Waals surface area (Å²) in [6.45, 7) is 4.64. The number of methoxy groups -OCH3 is 1. The molecule has 2 rings (SSSR count).